The van der Waals surface area contributed by atoms with Gasteiger partial charge < -0.3 is 4.42 Å². The summed E-state index contributed by atoms with van der Waals surface area (Å²) in [6.07, 6.45) is 0. The van der Waals surface area contributed by atoms with Crippen LogP contribution in [0.4, 0.5) is 0 Å². The van der Waals surface area contributed by atoms with Gasteiger partial charge in [0, 0.05) is 20.3 Å². The topological polar surface area (TPSA) is 13.1 Å². The zero-order chi connectivity index (χ0) is 12.5. The Morgan fingerprint density at radius 3 is 2.33 bits per heavy atom. The molecule has 3 rings (SSSR count). The number of rotatable bonds is 2. The van der Waals surface area contributed by atoms with Crippen LogP contribution >= 0.6 is 35.0 Å². The van der Waals surface area contributed by atoms with Crippen LogP contribution in [-0.2, 0) is 0 Å². The van der Waals surface area contributed by atoms with E-state index in [1.165, 1.54) is 0 Å². The summed E-state index contributed by atoms with van der Waals surface area (Å²) in [6.45, 7) is 0. The molecule has 0 aliphatic carbocycles. The monoisotopic (exact) mass is 294 g/mol. The fraction of sp³-hybridized carbons (Fsp3) is 0. The fourth-order valence-corrected chi connectivity index (χ4v) is 2.79. The lowest BCUT2D eigenvalue weighted by Gasteiger charge is -1.97. The highest BCUT2D eigenvalue weighted by Crippen LogP contribution is 2.33. The number of halogens is 2. The van der Waals surface area contributed by atoms with Crippen LogP contribution in [-0.4, -0.2) is 0 Å². The Labute approximate surface area is 119 Å². The van der Waals surface area contributed by atoms with Crippen LogP contribution in [0.2, 0.25) is 10.0 Å². The van der Waals surface area contributed by atoms with E-state index in [9.17, 15) is 0 Å². The molecule has 0 N–H and O–H groups in total. The Morgan fingerprint density at radius 2 is 1.56 bits per heavy atom. The van der Waals surface area contributed by atoms with Crippen molar-refractivity contribution in [3.05, 3.63) is 58.6 Å². The predicted molar refractivity (Wildman–Crippen MR) is 76.8 cm³/mol. The molecule has 90 valence electrons. The van der Waals surface area contributed by atoms with E-state index in [-0.39, 0.29) is 0 Å². The summed E-state index contributed by atoms with van der Waals surface area (Å²) in [7, 11) is 0. The van der Waals surface area contributed by atoms with Crippen LogP contribution in [0.5, 0.6) is 0 Å². The van der Waals surface area contributed by atoms with Crippen LogP contribution in [0.1, 0.15) is 0 Å². The third-order valence-corrected chi connectivity index (χ3v) is 3.89. The average Bonchev–Trinajstić information content (AvgIpc) is 2.73. The lowest BCUT2D eigenvalue weighted by molar-refractivity contribution is 0.515. The maximum atomic E-state index is 5.94. The fourth-order valence-electron chi connectivity index (χ4n) is 1.66. The highest BCUT2D eigenvalue weighted by Gasteiger charge is 2.06. The van der Waals surface area contributed by atoms with Gasteiger partial charge in [-0.15, -0.1) is 0 Å². The highest BCUT2D eigenvalue weighted by atomic mass is 35.5. The van der Waals surface area contributed by atoms with Crippen molar-refractivity contribution in [3.63, 3.8) is 0 Å². The van der Waals surface area contributed by atoms with Gasteiger partial charge in [0.05, 0.1) is 0 Å². The smallest absolute Gasteiger partial charge is 0.166 e. The first-order valence-corrected chi connectivity index (χ1v) is 6.90. The van der Waals surface area contributed by atoms with Crippen LogP contribution < -0.4 is 0 Å². The summed E-state index contributed by atoms with van der Waals surface area (Å²) in [5, 5.41) is 3.30. The van der Waals surface area contributed by atoms with Gasteiger partial charge in [-0.25, -0.2) is 0 Å². The molecule has 0 spiro atoms. The van der Waals surface area contributed by atoms with Crippen LogP contribution in [0.15, 0.2) is 62.9 Å². The molecule has 18 heavy (non-hydrogen) atoms. The van der Waals surface area contributed by atoms with Crippen LogP contribution in [0, 0.1) is 0 Å². The van der Waals surface area contributed by atoms with Crippen LogP contribution in [0.25, 0.3) is 11.0 Å². The SMILES string of the molecule is Clc1ccc(Sc2cc3cc(Cl)ccc3o2)cc1. The minimum Gasteiger partial charge on any atom is -0.450 e. The van der Waals surface area contributed by atoms with Crippen molar-refractivity contribution in [3.8, 4) is 0 Å². The van der Waals surface area contributed by atoms with Crippen molar-refractivity contribution in [1.82, 2.24) is 0 Å². The minimum absolute atomic E-state index is 0.714. The Hall–Kier alpha value is -1.09. The van der Waals surface area contributed by atoms with Gasteiger partial charge in [0.25, 0.3) is 0 Å². The third kappa shape index (κ3) is 2.51. The van der Waals surface area contributed by atoms with Gasteiger partial charge in [-0.1, -0.05) is 35.0 Å². The Bertz CT molecular complexity index is 689. The molecule has 4 heteroatoms. The summed E-state index contributed by atoms with van der Waals surface area (Å²) in [6, 6.07) is 15.2. The quantitative estimate of drug-likeness (QED) is 0.584. The molecule has 0 fully saturated rings. The largest absolute Gasteiger partial charge is 0.450 e. The molecule has 1 aromatic heterocycles. The second-order valence-corrected chi connectivity index (χ2v) is 5.75. The van der Waals surface area contributed by atoms with Gasteiger partial charge >= 0.3 is 0 Å². The zero-order valence-corrected chi connectivity index (χ0v) is 11.5. The lowest BCUT2D eigenvalue weighted by Crippen LogP contribution is -1.69. The third-order valence-electron chi connectivity index (χ3n) is 2.49. The summed E-state index contributed by atoms with van der Waals surface area (Å²) >= 11 is 13.4. The standard InChI is InChI=1S/C14H8Cl2OS/c15-10-1-4-12(5-2-10)18-14-8-9-7-11(16)3-6-13(9)17-14/h1-8H. The van der Waals surface area contributed by atoms with Crippen molar-refractivity contribution in [2.75, 3.05) is 0 Å². The first kappa shape index (κ1) is 12.0. The number of hydrogen-bond acceptors (Lipinski definition) is 2. The predicted octanol–water partition coefficient (Wildman–Crippen LogP) is 5.89. The molecule has 0 saturated heterocycles. The maximum absolute atomic E-state index is 5.94. The molecule has 0 saturated carbocycles. The summed E-state index contributed by atoms with van der Waals surface area (Å²) in [5.74, 6) is 0. The Morgan fingerprint density at radius 1 is 0.833 bits per heavy atom. The molecule has 0 radical (unpaired) electrons. The molecule has 0 aliphatic rings. The van der Waals surface area contributed by atoms with Crippen molar-refractivity contribution in [1.29, 1.82) is 0 Å². The molecule has 0 bridgehead atoms. The maximum Gasteiger partial charge on any atom is 0.166 e. The molecule has 2 aromatic carbocycles. The lowest BCUT2D eigenvalue weighted by atomic mass is 10.3. The van der Waals surface area contributed by atoms with E-state index in [4.69, 9.17) is 27.6 Å². The van der Waals surface area contributed by atoms with Crippen molar-refractivity contribution in [2.24, 2.45) is 0 Å². The van der Waals surface area contributed by atoms with Gasteiger partial charge in [-0.05, 0) is 48.5 Å². The van der Waals surface area contributed by atoms with E-state index in [1.54, 1.807) is 11.8 Å². The molecule has 1 nitrogen and oxygen atoms in total. The highest BCUT2D eigenvalue weighted by molar-refractivity contribution is 7.99. The Balaban J connectivity index is 1.92. The summed E-state index contributed by atoms with van der Waals surface area (Å²) in [5.41, 5.74) is 0.843. The zero-order valence-electron chi connectivity index (χ0n) is 9.19. The Kier molecular flexibility index (Phi) is 3.25. The van der Waals surface area contributed by atoms with Crippen molar-refractivity contribution < 1.29 is 4.42 Å². The van der Waals surface area contributed by atoms with E-state index in [0.29, 0.717) is 5.02 Å². The van der Waals surface area contributed by atoms with E-state index in [1.807, 2.05) is 48.5 Å². The van der Waals surface area contributed by atoms with E-state index < -0.39 is 0 Å². The van der Waals surface area contributed by atoms with Crippen LogP contribution in [0.3, 0.4) is 0 Å². The first-order chi connectivity index (χ1) is 8.70. The van der Waals surface area contributed by atoms with E-state index in [2.05, 4.69) is 0 Å². The first-order valence-electron chi connectivity index (χ1n) is 5.33. The van der Waals surface area contributed by atoms with Gasteiger partial charge in [0.1, 0.15) is 5.58 Å². The number of benzene rings is 2. The second kappa shape index (κ2) is 4.88. The normalized spacial score (nSPS) is 11.0. The van der Waals surface area contributed by atoms with Gasteiger partial charge in [0.15, 0.2) is 5.09 Å². The number of hydrogen-bond donors (Lipinski definition) is 0. The number of furan rings is 1. The molecule has 0 unspecified atom stereocenters. The van der Waals surface area contributed by atoms with E-state index >= 15 is 0 Å². The minimum atomic E-state index is 0.714. The van der Waals surface area contributed by atoms with Crippen molar-refractivity contribution >= 4 is 45.9 Å². The number of fused-ring (bicyclic) bond motifs is 1. The molecule has 3 aromatic rings. The average molecular weight is 295 g/mol. The van der Waals surface area contributed by atoms with Gasteiger partial charge in [0.2, 0.25) is 0 Å². The van der Waals surface area contributed by atoms with Gasteiger partial charge in [-0.2, -0.15) is 0 Å². The molecule has 1 heterocycles. The second-order valence-electron chi connectivity index (χ2n) is 3.80. The van der Waals surface area contributed by atoms with Crippen molar-refractivity contribution in [2.45, 2.75) is 9.99 Å². The van der Waals surface area contributed by atoms with E-state index in [0.717, 1.165) is 26.0 Å². The molecule has 0 amide bonds. The molecule has 0 aliphatic heterocycles. The molecular weight excluding hydrogens is 287 g/mol. The molecule has 0 atom stereocenters. The molecular formula is C14H8Cl2OS. The van der Waals surface area contributed by atoms with Gasteiger partial charge in [-0.3, -0.25) is 0 Å². The summed E-state index contributed by atoms with van der Waals surface area (Å²) in [4.78, 5) is 1.09. The summed E-state index contributed by atoms with van der Waals surface area (Å²) < 4.78 is 5.73.